The smallest absolute Gasteiger partial charge is 0.312 e. The second-order valence-electron chi connectivity index (χ2n) is 8.52. The molecule has 0 radical (unpaired) electrons. The van der Waals surface area contributed by atoms with E-state index >= 15 is 0 Å². The molecule has 1 heterocycles. The number of rotatable bonds is 7. The number of benzene rings is 3. The summed E-state index contributed by atoms with van der Waals surface area (Å²) in [5.41, 5.74) is -0.241. The molecule has 1 amide bonds. The van der Waals surface area contributed by atoms with Gasteiger partial charge in [-0.3, -0.25) is 14.2 Å². The van der Waals surface area contributed by atoms with Crippen LogP contribution in [0, 0.1) is 6.92 Å². The molecule has 0 aliphatic carbocycles. The highest BCUT2D eigenvalue weighted by molar-refractivity contribution is 7.93. The number of aryl methyl sites for hydroxylation is 1. The minimum atomic E-state index is -4.78. The van der Waals surface area contributed by atoms with Gasteiger partial charge in [0.15, 0.2) is 0 Å². The van der Waals surface area contributed by atoms with Crippen molar-refractivity contribution in [2.45, 2.75) is 35.7 Å². The summed E-state index contributed by atoms with van der Waals surface area (Å²) in [6.45, 7) is 2.26. The summed E-state index contributed by atoms with van der Waals surface area (Å²) in [6.07, 6.45) is -3.60. The van der Waals surface area contributed by atoms with Crippen molar-refractivity contribution in [3.63, 3.8) is 0 Å². The predicted octanol–water partition coefficient (Wildman–Crippen LogP) is 5.40. The van der Waals surface area contributed by atoms with Gasteiger partial charge >= 0.3 is 6.18 Å². The Kier molecular flexibility index (Phi) is 7.38. The highest BCUT2D eigenvalue weighted by Crippen LogP contribution is 2.36. The fourth-order valence-corrected chi connectivity index (χ4v) is 6.35. The molecule has 0 bridgehead atoms. The number of sulfonamides is 2. The zero-order valence-electron chi connectivity index (χ0n) is 19.7. The number of hydrogen-bond acceptors (Lipinski definition) is 5. The van der Waals surface area contributed by atoms with E-state index in [1.807, 2.05) is 0 Å². The van der Waals surface area contributed by atoms with Crippen LogP contribution in [0.3, 0.4) is 0 Å². The Morgan fingerprint density at radius 2 is 1.42 bits per heavy atom. The van der Waals surface area contributed by atoms with Gasteiger partial charge in [-0.1, -0.05) is 11.6 Å². The fraction of sp³-hybridized carbons (Fsp3) is 0.208. The van der Waals surface area contributed by atoms with Gasteiger partial charge in [-0.15, -0.1) is 0 Å². The zero-order chi connectivity index (χ0) is 27.9. The van der Waals surface area contributed by atoms with Crippen molar-refractivity contribution in [2.75, 3.05) is 20.9 Å². The number of hydrogen-bond donors (Lipinski definition) is 2. The van der Waals surface area contributed by atoms with Crippen molar-refractivity contribution in [3.05, 3.63) is 76.8 Å². The Bertz CT molecular complexity index is 1610. The van der Waals surface area contributed by atoms with Crippen LogP contribution in [0.2, 0.25) is 5.02 Å². The molecule has 0 unspecified atom stereocenters. The molecule has 1 saturated heterocycles. The van der Waals surface area contributed by atoms with Crippen LogP contribution < -0.4 is 14.3 Å². The average molecular weight is 588 g/mol. The molecule has 0 aromatic heterocycles. The molecule has 1 aliphatic heterocycles. The lowest BCUT2D eigenvalue weighted by atomic mass is 10.2. The molecule has 1 aliphatic rings. The third-order valence-electron chi connectivity index (χ3n) is 5.78. The molecule has 3 aromatic carbocycles. The molecule has 202 valence electrons. The van der Waals surface area contributed by atoms with E-state index in [1.54, 1.807) is 17.9 Å². The average Bonchev–Trinajstić information content (AvgIpc) is 3.25. The standard InChI is InChI=1S/C24H21ClF3N3O5S2/c1-15-13-19(9-11-22(15)31-12-2-3-23(31)32)38(35,36)29-16-4-7-18(8-5-16)37(33,34)30-17-6-10-21(25)20(14-17)24(26,27)28/h4-11,13-14,29-30H,2-3,12H2,1H3. The molecule has 4 rings (SSSR count). The zero-order valence-corrected chi connectivity index (χ0v) is 22.1. The Morgan fingerprint density at radius 1 is 0.842 bits per heavy atom. The van der Waals surface area contributed by atoms with Crippen LogP contribution in [0.15, 0.2) is 70.5 Å². The van der Waals surface area contributed by atoms with Gasteiger partial charge in [0.25, 0.3) is 20.0 Å². The van der Waals surface area contributed by atoms with Gasteiger partial charge in [0.1, 0.15) is 0 Å². The van der Waals surface area contributed by atoms with E-state index in [9.17, 15) is 34.8 Å². The van der Waals surface area contributed by atoms with Crippen LogP contribution in [0.5, 0.6) is 0 Å². The minimum absolute atomic E-state index is 0.0248. The van der Waals surface area contributed by atoms with Crippen molar-refractivity contribution in [2.24, 2.45) is 0 Å². The number of alkyl halides is 3. The van der Waals surface area contributed by atoms with E-state index in [0.29, 0.717) is 30.3 Å². The highest BCUT2D eigenvalue weighted by atomic mass is 35.5. The predicted molar refractivity (Wildman–Crippen MR) is 137 cm³/mol. The Labute approximate surface area is 222 Å². The molecule has 2 N–H and O–H groups in total. The first-order chi connectivity index (χ1) is 17.7. The van der Waals surface area contributed by atoms with Gasteiger partial charge < -0.3 is 4.90 Å². The molecule has 0 saturated carbocycles. The third kappa shape index (κ3) is 5.89. The van der Waals surface area contributed by atoms with E-state index in [-0.39, 0.29) is 27.1 Å². The van der Waals surface area contributed by atoms with Gasteiger partial charge in [0, 0.05) is 30.0 Å². The lowest BCUT2D eigenvalue weighted by Gasteiger charge is -2.19. The van der Waals surface area contributed by atoms with Crippen molar-refractivity contribution in [1.82, 2.24) is 0 Å². The maximum atomic E-state index is 13.1. The van der Waals surface area contributed by atoms with Crippen LogP contribution in [-0.4, -0.2) is 29.3 Å². The van der Waals surface area contributed by atoms with Gasteiger partial charge in [-0.25, -0.2) is 16.8 Å². The molecular formula is C24H21ClF3N3O5S2. The van der Waals surface area contributed by atoms with Crippen LogP contribution in [0.4, 0.5) is 30.2 Å². The van der Waals surface area contributed by atoms with Crippen LogP contribution in [-0.2, 0) is 31.0 Å². The van der Waals surface area contributed by atoms with E-state index < -0.39 is 36.8 Å². The molecule has 0 atom stereocenters. The second kappa shape index (κ2) is 10.1. The van der Waals surface area contributed by atoms with E-state index in [2.05, 4.69) is 9.44 Å². The normalized spacial score (nSPS) is 14.6. The maximum absolute atomic E-state index is 13.1. The second-order valence-corrected chi connectivity index (χ2v) is 12.3. The first kappa shape index (κ1) is 27.7. The fourth-order valence-electron chi connectivity index (χ4n) is 3.94. The first-order valence-corrected chi connectivity index (χ1v) is 14.5. The number of carbonyl (C=O) groups excluding carboxylic acids is 1. The number of nitrogens with one attached hydrogen (secondary N) is 2. The summed E-state index contributed by atoms with van der Waals surface area (Å²) in [4.78, 5) is 13.3. The minimum Gasteiger partial charge on any atom is -0.312 e. The Morgan fingerprint density at radius 3 is 2.00 bits per heavy atom. The van der Waals surface area contributed by atoms with Crippen molar-refractivity contribution in [3.8, 4) is 0 Å². The summed E-state index contributed by atoms with van der Waals surface area (Å²) >= 11 is 5.57. The topological polar surface area (TPSA) is 113 Å². The van der Waals surface area contributed by atoms with Gasteiger partial charge in [-0.05, 0) is 79.6 Å². The van der Waals surface area contributed by atoms with Gasteiger partial charge in [0.05, 0.1) is 20.4 Å². The molecular weight excluding hydrogens is 567 g/mol. The SMILES string of the molecule is Cc1cc(S(=O)(=O)Nc2ccc(S(=O)(=O)Nc3ccc(Cl)c(C(F)(F)F)c3)cc2)ccc1N1CCCC1=O. The number of halogens is 4. The molecule has 8 nitrogen and oxygen atoms in total. The number of amides is 1. The van der Waals surface area contributed by atoms with Crippen molar-refractivity contribution < 1.29 is 34.8 Å². The molecule has 1 fully saturated rings. The Balaban J connectivity index is 1.50. The number of carbonyl (C=O) groups is 1. The maximum Gasteiger partial charge on any atom is 0.417 e. The van der Waals surface area contributed by atoms with E-state index in [0.717, 1.165) is 30.7 Å². The third-order valence-corrected chi connectivity index (χ3v) is 8.89. The monoisotopic (exact) mass is 587 g/mol. The summed E-state index contributed by atoms with van der Waals surface area (Å²) in [5, 5.41) is -0.577. The molecule has 14 heteroatoms. The Hall–Kier alpha value is -3.29. The van der Waals surface area contributed by atoms with Crippen LogP contribution in [0.1, 0.15) is 24.0 Å². The summed E-state index contributed by atoms with van der Waals surface area (Å²) in [7, 11) is -8.34. The van der Waals surface area contributed by atoms with E-state index in [4.69, 9.17) is 11.6 Å². The van der Waals surface area contributed by atoms with Crippen LogP contribution in [0.25, 0.3) is 0 Å². The van der Waals surface area contributed by atoms with Gasteiger partial charge in [-0.2, -0.15) is 13.2 Å². The van der Waals surface area contributed by atoms with E-state index in [1.165, 1.54) is 24.3 Å². The molecule has 0 spiro atoms. The first-order valence-electron chi connectivity index (χ1n) is 11.1. The highest BCUT2D eigenvalue weighted by Gasteiger charge is 2.33. The number of nitrogens with zero attached hydrogens (tertiary/aromatic N) is 1. The molecule has 3 aromatic rings. The lowest BCUT2D eigenvalue weighted by Crippen LogP contribution is -2.24. The van der Waals surface area contributed by atoms with Gasteiger partial charge in [0.2, 0.25) is 5.91 Å². The van der Waals surface area contributed by atoms with Crippen molar-refractivity contribution in [1.29, 1.82) is 0 Å². The largest absolute Gasteiger partial charge is 0.417 e. The van der Waals surface area contributed by atoms with Crippen molar-refractivity contribution >= 4 is 54.6 Å². The lowest BCUT2D eigenvalue weighted by molar-refractivity contribution is -0.137. The summed E-state index contributed by atoms with van der Waals surface area (Å²) in [6, 6.07) is 11.6. The summed E-state index contributed by atoms with van der Waals surface area (Å²) < 4.78 is 94.8. The number of anilines is 3. The quantitative estimate of drug-likeness (QED) is 0.385. The van der Waals surface area contributed by atoms with Crippen LogP contribution >= 0.6 is 11.6 Å². The summed E-state index contributed by atoms with van der Waals surface area (Å²) in [5.74, 6) is -0.0248. The molecule has 38 heavy (non-hydrogen) atoms.